The smallest absolute Gasteiger partial charge is 0.328 e. The molecule has 3 N–H and O–H groups in total. The molecule has 4 amide bonds. The summed E-state index contributed by atoms with van der Waals surface area (Å²) in [6.07, 6.45) is 0. The van der Waals surface area contributed by atoms with E-state index in [1.54, 1.807) is 51.1 Å². The Morgan fingerprint density at radius 2 is 1.68 bits per heavy atom. The molecule has 0 aliphatic heterocycles. The van der Waals surface area contributed by atoms with Gasteiger partial charge in [-0.05, 0) is 39.8 Å². The van der Waals surface area contributed by atoms with Gasteiger partial charge >= 0.3 is 12.0 Å². The largest absolute Gasteiger partial charge is 0.454 e. The van der Waals surface area contributed by atoms with E-state index in [0.717, 1.165) is 0 Å². The van der Waals surface area contributed by atoms with E-state index in [1.807, 2.05) is 5.32 Å². The zero-order valence-corrected chi connectivity index (χ0v) is 14.7. The molecule has 0 spiro atoms. The first-order chi connectivity index (χ1) is 11.6. The van der Waals surface area contributed by atoms with Gasteiger partial charge in [-0.3, -0.25) is 14.9 Å². The Bertz CT molecular complexity index is 637. The van der Waals surface area contributed by atoms with Crippen molar-refractivity contribution in [2.24, 2.45) is 0 Å². The van der Waals surface area contributed by atoms with Gasteiger partial charge in [0.1, 0.15) is 6.04 Å². The lowest BCUT2D eigenvalue weighted by Gasteiger charge is -2.20. The molecule has 8 nitrogen and oxygen atoms in total. The molecular weight excluding hydrogens is 326 g/mol. The maximum atomic E-state index is 11.9. The maximum absolute atomic E-state index is 11.9. The minimum absolute atomic E-state index is 0.402. The van der Waals surface area contributed by atoms with E-state index < -0.39 is 42.0 Å². The third-order valence-corrected chi connectivity index (χ3v) is 2.82. The summed E-state index contributed by atoms with van der Waals surface area (Å²) in [6, 6.07) is 6.75. The third kappa shape index (κ3) is 7.96. The Morgan fingerprint density at radius 3 is 2.24 bits per heavy atom. The molecule has 0 fully saturated rings. The van der Waals surface area contributed by atoms with Crippen molar-refractivity contribution in [1.82, 2.24) is 16.0 Å². The van der Waals surface area contributed by atoms with Crippen molar-refractivity contribution in [1.29, 1.82) is 0 Å². The number of urea groups is 1. The Morgan fingerprint density at radius 1 is 1.08 bits per heavy atom. The minimum atomic E-state index is -0.941. The standard InChI is InChI=1S/C17H23N3O5/c1-11(18-14(22)12-8-6-5-7-9-12)15(23)25-10-13(21)19-16(24)20-17(2,3)4/h5-9,11H,10H2,1-4H3,(H,18,22)(H2,19,20,21,24)/t11-/m0/s1. The quantitative estimate of drug-likeness (QED) is 0.686. The van der Waals surface area contributed by atoms with Gasteiger partial charge in [0, 0.05) is 11.1 Å². The van der Waals surface area contributed by atoms with E-state index in [2.05, 4.69) is 10.6 Å². The molecule has 0 bridgehead atoms. The maximum Gasteiger partial charge on any atom is 0.328 e. The van der Waals surface area contributed by atoms with Crippen LogP contribution >= 0.6 is 0 Å². The molecule has 0 aliphatic rings. The van der Waals surface area contributed by atoms with Gasteiger partial charge in [-0.15, -0.1) is 0 Å². The second kappa shape index (κ2) is 8.81. The van der Waals surface area contributed by atoms with Crippen molar-refractivity contribution >= 4 is 23.8 Å². The van der Waals surface area contributed by atoms with E-state index in [1.165, 1.54) is 6.92 Å². The highest BCUT2D eigenvalue weighted by atomic mass is 16.5. The molecule has 136 valence electrons. The highest BCUT2D eigenvalue weighted by Gasteiger charge is 2.20. The van der Waals surface area contributed by atoms with Crippen LogP contribution in [-0.4, -0.2) is 42.0 Å². The van der Waals surface area contributed by atoms with Crippen LogP contribution in [0.4, 0.5) is 4.79 Å². The summed E-state index contributed by atoms with van der Waals surface area (Å²) in [5, 5.41) is 7.05. The first-order valence-corrected chi connectivity index (χ1v) is 7.73. The predicted molar refractivity (Wildman–Crippen MR) is 90.8 cm³/mol. The fraction of sp³-hybridized carbons (Fsp3) is 0.412. The highest BCUT2D eigenvalue weighted by Crippen LogP contribution is 2.00. The van der Waals surface area contributed by atoms with E-state index in [9.17, 15) is 19.2 Å². The van der Waals surface area contributed by atoms with Crippen LogP contribution in [0.1, 0.15) is 38.1 Å². The van der Waals surface area contributed by atoms with E-state index in [4.69, 9.17) is 4.74 Å². The number of nitrogens with one attached hydrogen (secondary N) is 3. The van der Waals surface area contributed by atoms with Gasteiger partial charge in [0.25, 0.3) is 11.8 Å². The van der Waals surface area contributed by atoms with Crippen LogP contribution in [-0.2, 0) is 14.3 Å². The van der Waals surface area contributed by atoms with Crippen LogP contribution in [0.25, 0.3) is 0 Å². The first-order valence-electron chi connectivity index (χ1n) is 7.73. The lowest BCUT2D eigenvalue weighted by Crippen LogP contribution is -2.49. The summed E-state index contributed by atoms with van der Waals surface area (Å²) in [5.74, 6) is -1.98. The van der Waals surface area contributed by atoms with Gasteiger partial charge in [0.2, 0.25) is 0 Å². The van der Waals surface area contributed by atoms with Crippen molar-refractivity contribution in [3.8, 4) is 0 Å². The highest BCUT2D eigenvalue weighted by molar-refractivity contribution is 5.98. The van der Waals surface area contributed by atoms with Gasteiger partial charge in [0.05, 0.1) is 0 Å². The van der Waals surface area contributed by atoms with Crippen LogP contribution in [0.2, 0.25) is 0 Å². The van der Waals surface area contributed by atoms with Gasteiger partial charge in [0.15, 0.2) is 6.61 Å². The predicted octanol–water partition coefficient (Wildman–Crippen LogP) is 0.972. The van der Waals surface area contributed by atoms with Gasteiger partial charge in [-0.2, -0.15) is 0 Å². The molecule has 8 heteroatoms. The van der Waals surface area contributed by atoms with Crippen LogP contribution in [0.3, 0.4) is 0 Å². The number of ether oxygens (including phenoxy) is 1. The number of imide groups is 1. The number of carbonyl (C=O) groups excluding carboxylic acids is 4. The number of rotatable bonds is 5. The Labute approximate surface area is 146 Å². The molecule has 0 saturated carbocycles. The molecule has 1 aromatic carbocycles. The van der Waals surface area contributed by atoms with Crippen molar-refractivity contribution in [3.63, 3.8) is 0 Å². The number of esters is 1. The molecule has 0 aromatic heterocycles. The summed E-state index contributed by atoms with van der Waals surface area (Å²) in [5.41, 5.74) is -0.101. The lowest BCUT2D eigenvalue weighted by atomic mass is 10.1. The van der Waals surface area contributed by atoms with E-state index in [-0.39, 0.29) is 0 Å². The molecule has 1 atom stereocenters. The Balaban J connectivity index is 2.39. The summed E-state index contributed by atoms with van der Waals surface area (Å²) < 4.78 is 4.79. The average molecular weight is 349 g/mol. The number of hydrogen-bond acceptors (Lipinski definition) is 5. The fourth-order valence-electron chi connectivity index (χ4n) is 1.72. The molecule has 0 unspecified atom stereocenters. The van der Waals surface area contributed by atoms with Crippen molar-refractivity contribution < 1.29 is 23.9 Å². The van der Waals surface area contributed by atoms with Crippen LogP contribution in [0, 0.1) is 0 Å². The van der Waals surface area contributed by atoms with Crippen LogP contribution < -0.4 is 16.0 Å². The van der Waals surface area contributed by atoms with Crippen LogP contribution in [0.15, 0.2) is 30.3 Å². The van der Waals surface area contributed by atoms with E-state index in [0.29, 0.717) is 5.56 Å². The summed E-state index contributed by atoms with van der Waals surface area (Å²) >= 11 is 0. The second-order valence-corrected chi connectivity index (χ2v) is 6.42. The number of carbonyl (C=O) groups is 4. The van der Waals surface area contributed by atoms with Crippen molar-refractivity contribution in [3.05, 3.63) is 35.9 Å². The topological polar surface area (TPSA) is 114 Å². The summed E-state index contributed by atoms with van der Waals surface area (Å²) in [4.78, 5) is 46.8. The van der Waals surface area contributed by atoms with Gasteiger partial charge in [-0.25, -0.2) is 9.59 Å². The average Bonchev–Trinajstić information content (AvgIpc) is 2.51. The first kappa shape index (κ1) is 20.1. The molecule has 0 aliphatic carbocycles. The molecule has 0 radical (unpaired) electrons. The van der Waals surface area contributed by atoms with Crippen molar-refractivity contribution in [2.75, 3.05) is 6.61 Å². The normalized spacial score (nSPS) is 11.8. The number of benzene rings is 1. The molecule has 1 rings (SSSR count). The molecule has 0 saturated heterocycles. The number of amides is 4. The third-order valence-electron chi connectivity index (χ3n) is 2.82. The van der Waals surface area contributed by atoms with Gasteiger partial charge < -0.3 is 15.4 Å². The van der Waals surface area contributed by atoms with Crippen LogP contribution in [0.5, 0.6) is 0 Å². The Hall–Kier alpha value is -2.90. The zero-order chi connectivity index (χ0) is 19.0. The lowest BCUT2D eigenvalue weighted by molar-refractivity contribution is -0.149. The fourth-order valence-corrected chi connectivity index (χ4v) is 1.72. The second-order valence-electron chi connectivity index (χ2n) is 6.42. The molecule has 0 heterocycles. The summed E-state index contributed by atoms with van der Waals surface area (Å²) in [6.45, 7) is 6.09. The zero-order valence-electron chi connectivity index (χ0n) is 14.7. The SMILES string of the molecule is C[C@H](NC(=O)c1ccccc1)C(=O)OCC(=O)NC(=O)NC(C)(C)C. The molecule has 1 aromatic rings. The molecule has 25 heavy (non-hydrogen) atoms. The minimum Gasteiger partial charge on any atom is -0.454 e. The molecular formula is C17H23N3O5. The monoisotopic (exact) mass is 349 g/mol. The summed E-state index contributed by atoms with van der Waals surface area (Å²) in [7, 11) is 0. The van der Waals surface area contributed by atoms with Crippen molar-refractivity contribution in [2.45, 2.75) is 39.3 Å². The number of hydrogen-bond donors (Lipinski definition) is 3. The Kier molecular flexibility index (Phi) is 7.10. The van der Waals surface area contributed by atoms with Gasteiger partial charge in [-0.1, -0.05) is 18.2 Å². The van der Waals surface area contributed by atoms with E-state index >= 15 is 0 Å².